The maximum absolute atomic E-state index is 12.9. The maximum Gasteiger partial charge on any atom is 0.268 e. The number of anilines is 1. The lowest BCUT2D eigenvalue weighted by Gasteiger charge is -2.11. The predicted molar refractivity (Wildman–Crippen MR) is 141 cm³/mol. The number of benzene rings is 3. The van der Waals surface area contributed by atoms with Crippen LogP contribution in [0.1, 0.15) is 20.7 Å². The normalized spacial score (nSPS) is 10.1. The van der Waals surface area contributed by atoms with Crippen molar-refractivity contribution in [3.63, 3.8) is 0 Å². The third kappa shape index (κ3) is 7.60. The maximum atomic E-state index is 12.9. The summed E-state index contributed by atoms with van der Waals surface area (Å²) >= 11 is 2.15. The Morgan fingerprint density at radius 1 is 0.800 bits per heavy atom. The molecule has 0 aliphatic carbocycles. The van der Waals surface area contributed by atoms with Crippen molar-refractivity contribution < 1.29 is 19.1 Å². The van der Waals surface area contributed by atoms with Crippen molar-refractivity contribution in [2.24, 2.45) is 0 Å². The average molecular weight is 503 g/mol. The van der Waals surface area contributed by atoms with E-state index in [0.717, 1.165) is 23.5 Å². The number of nitrogens with one attached hydrogen (secondary N) is 1. The first-order valence-corrected chi connectivity index (χ1v) is 12.5. The van der Waals surface area contributed by atoms with Crippen molar-refractivity contribution >= 4 is 46.7 Å². The molecule has 3 aromatic rings. The van der Waals surface area contributed by atoms with E-state index in [2.05, 4.69) is 5.32 Å². The monoisotopic (exact) mass is 502 g/mol. The number of amides is 1. The summed E-state index contributed by atoms with van der Waals surface area (Å²) in [5, 5.41) is 12.5. The fourth-order valence-corrected chi connectivity index (χ4v) is 5.03. The van der Waals surface area contributed by atoms with Crippen LogP contribution in [0.4, 0.5) is 5.69 Å². The van der Waals surface area contributed by atoms with Gasteiger partial charge in [-0.3, -0.25) is 14.4 Å². The van der Waals surface area contributed by atoms with Crippen LogP contribution in [0.3, 0.4) is 0 Å². The summed E-state index contributed by atoms with van der Waals surface area (Å²) in [5.74, 6) is -0.233. The van der Waals surface area contributed by atoms with Gasteiger partial charge in [-0.15, -0.1) is 23.5 Å². The molecule has 35 heavy (non-hydrogen) atoms. The topological polar surface area (TPSA) is 96.3 Å². The summed E-state index contributed by atoms with van der Waals surface area (Å²) in [6.45, 7) is 0. The highest BCUT2D eigenvalue weighted by molar-refractivity contribution is 8.22. The Hall–Kier alpha value is -3.80. The number of methoxy groups -OCH3 is 1. The Balaban J connectivity index is 1.80. The van der Waals surface area contributed by atoms with Gasteiger partial charge in [-0.2, -0.15) is 5.26 Å². The van der Waals surface area contributed by atoms with Crippen molar-refractivity contribution in [2.75, 3.05) is 23.9 Å². The smallest absolute Gasteiger partial charge is 0.268 e. The SMILES string of the molecule is COc1ccc(NC(=O)C(C#N)=C(SCC(=O)c2ccccc2)SCC(=O)c2ccccc2)cc1. The first-order valence-electron chi connectivity index (χ1n) is 10.5. The van der Waals surface area contributed by atoms with Gasteiger partial charge in [0, 0.05) is 16.8 Å². The number of thioether (sulfide) groups is 2. The lowest BCUT2D eigenvalue weighted by Crippen LogP contribution is -2.15. The minimum Gasteiger partial charge on any atom is -0.497 e. The Kier molecular flexibility index (Phi) is 9.72. The summed E-state index contributed by atoms with van der Waals surface area (Å²) in [7, 11) is 1.54. The van der Waals surface area contributed by atoms with Crippen LogP contribution < -0.4 is 10.1 Å². The lowest BCUT2D eigenvalue weighted by molar-refractivity contribution is -0.112. The van der Waals surface area contributed by atoms with Gasteiger partial charge < -0.3 is 10.1 Å². The van der Waals surface area contributed by atoms with Crippen LogP contribution in [0.15, 0.2) is 94.7 Å². The number of carbonyl (C=O) groups is 3. The van der Waals surface area contributed by atoms with Crippen LogP contribution in [0.5, 0.6) is 5.75 Å². The van der Waals surface area contributed by atoms with Crippen LogP contribution >= 0.6 is 23.5 Å². The summed E-state index contributed by atoms with van der Waals surface area (Å²) in [5.41, 5.74) is 1.40. The van der Waals surface area contributed by atoms with Crippen molar-refractivity contribution in [1.29, 1.82) is 5.26 Å². The Morgan fingerprint density at radius 3 is 1.71 bits per heavy atom. The molecule has 0 aliphatic rings. The predicted octanol–water partition coefficient (Wildman–Crippen LogP) is 5.60. The van der Waals surface area contributed by atoms with Gasteiger partial charge in [-0.25, -0.2) is 0 Å². The molecule has 0 saturated heterocycles. The Bertz CT molecular complexity index is 1190. The summed E-state index contributed by atoms with van der Waals surface area (Å²) in [4.78, 5) is 38.2. The second kappa shape index (κ2) is 13.2. The molecule has 0 atom stereocenters. The van der Waals surface area contributed by atoms with Crippen molar-refractivity contribution in [1.82, 2.24) is 0 Å². The molecule has 3 aromatic carbocycles. The second-order valence-electron chi connectivity index (χ2n) is 7.11. The van der Waals surface area contributed by atoms with Gasteiger partial charge in [-0.05, 0) is 24.3 Å². The van der Waals surface area contributed by atoms with Gasteiger partial charge in [0.2, 0.25) is 0 Å². The van der Waals surface area contributed by atoms with Crippen molar-refractivity contribution in [3.05, 3.63) is 106 Å². The van der Waals surface area contributed by atoms with E-state index in [0.29, 0.717) is 26.8 Å². The van der Waals surface area contributed by atoms with Crippen LogP contribution in [0, 0.1) is 11.3 Å². The zero-order valence-electron chi connectivity index (χ0n) is 18.9. The standard InChI is InChI=1S/C27H22N2O4S2/c1-33-22-14-12-21(13-15-22)29-26(32)23(16-28)27(34-17-24(30)19-8-4-2-5-9-19)35-18-25(31)20-10-6-3-7-11-20/h2-15H,17-18H2,1H3,(H,29,32). The number of Topliss-reactive ketones (excluding diaryl/α,β-unsaturated/α-hetero) is 2. The van der Waals surface area contributed by atoms with Crippen LogP contribution in [-0.4, -0.2) is 36.1 Å². The first-order chi connectivity index (χ1) is 17.0. The molecule has 0 heterocycles. The van der Waals surface area contributed by atoms with Crippen LogP contribution in [-0.2, 0) is 4.79 Å². The highest BCUT2D eigenvalue weighted by Gasteiger charge is 2.20. The van der Waals surface area contributed by atoms with E-state index in [-0.39, 0.29) is 28.6 Å². The lowest BCUT2D eigenvalue weighted by atomic mass is 10.2. The molecule has 0 aliphatic heterocycles. The minimum atomic E-state index is -0.619. The number of ketones is 2. The number of hydrogen-bond donors (Lipinski definition) is 1. The molecule has 0 radical (unpaired) electrons. The fraction of sp³-hybridized carbons (Fsp3) is 0.111. The molecule has 0 saturated carbocycles. The summed E-state index contributed by atoms with van der Waals surface area (Å²) in [6.07, 6.45) is 0. The van der Waals surface area contributed by atoms with E-state index >= 15 is 0 Å². The quantitative estimate of drug-likeness (QED) is 0.207. The number of nitrogens with zero attached hydrogens (tertiary/aromatic N) is 1. The molecule has 1 N–H and O–H groups in total. The van der Waals surface area contributed by atoms with Crippen molar-refractivity contribution in [3.8, 4) is 11.8 Å². The minimum absolute atomic E-state index is 0.0207. The molecule has 6 nitrogen and oxygen atoms in total. The molecule has 8 heteroatoms. The molecule has 3 rings (SSSR count). The summed E-state index contributed by atoms with van der Waals surface area (Å²) in [6, 6.07) is 26.2. The zero-order chi connectivity index (χ0) is 25.0. The van der Waals surface area contributed by atoms with E-state index in [1.165, 1.54) is 7.11 Å². The van der Waals surface area contributed by atoms with Gasteiger partial charge in [0.25, 0.3) is 5.91 Å². The number of ether oxygens (including phenoxy) is 1. The molecule has 1 amide bonds. The first kappa shape index (κ1) is 25.8. The molecule has 0 bridgehead atoms. The van der Waals surface area contributed by atoms with E-state index < -0.39 is 5.91 Å². The third-order valence-corrected chi connectivity index (χ3v) is 7.20. The van der Waals surface area contributed by atoms with Gasteiger partial charge in [0.05, 0.1) is 22.9 Å². The van der Waals surface area contributed by atoms with Crippen LogP contribution in [0.25, 0.3) is 0 Å². The Labute approximate surface area is 212 Å². The zero-order valence-corrected chi connectivity index (χ0v) is 20.5. The largest absolute Gasteiger partial charge is 0.497 e. The second-order valence-corrected chi connectivity index (χ2v) is 9.34. The van der Waals surface area contributed by atoms with Gasteiger partial charge in [0.15, 0.2) is 11.6 Å². The van der Waals surface area contributed by atoms with Gasteiger partial charge >= 0.3 is 0 Å². The van der Waals surface area contributed by atoms with E-state index in [9.17, 15) is 19.6 Å². The molecule has 0 fully saturated rings. The van der Waals surface area contributed by atoms with Crippen LogP contribution in [0.2, 0.25) is 0 Å². The highest BCUT2D eigenvalue weighted by Crippen LogP contribution is 2.33. The van der Waals surface area contributed by atoms with E-state index in [1.807, 2.05) is 18.2 Å². The molecule has 0 aromatic heterocycles. The van der Waals surface area contributed by atoms with Crippen molar-refractivity contribution in [2.45, 2.75) is 0 Å². The molecular formula is C27H22N2O4S2. The molecular weight excluding hydrogens is 480 g/mol. The fourth-order valence-electron chi connectivity index (χ4n) is 2.92. The molecule has 176 valence electrons. The average Bonchev–Trinajstić information content (AvgIpc) is 2.91. The van der Waals surface area contributed by atoms with Gasteiger partial charge in [-0.1, -0.05) is 60.7 Å². The van der Waals surface area contributed by atoms with Gasteiger partial charge in [0.1, 0.15) is 17.4 Å². The molecule has 0 spiro atoms. The summed E-state index contributed by atoms with van der Waals surface area (Å²) < 4.78 is 5.43. The molecule has 0 unspecified atom stereocenters. The number of rotatable bonds is 11. The number of nitriles is 1. The number of carbonyl (C=O) groups excluding carboxylic acids is 3. The Morgan fingerprint density at radius 2 is 1.29 bits per heavy atom. The van der Waals surface area contributed by atoms with E-state index in [1.54, 1.807) is 72.8 Å². The number of hydrogen-bond acceptors (Lipinski definition) is 7. The highest BCUT2D eigenvalue weighted by atomic mass is 32.2. The van der Waals surface area contributed by atoms with E-state index in [4.69, 9.17) is 4.74 Å². The third-order valence-electron chi connectivity index (χ3n) is 4.75.